The number of hydrogen-bond donors (Lipinski definition) is 2. The third-order valence-corrected chi connectivity index (χ3v) is 2.61. The Morgan fingerprint density at radius 2 is 2.38 bits per heavy atom. The van der Waals surface area contributed by atoms with Crippen molar-refractivity contribution in [2.75, 3.05) is 13.1 Å². The predicted octanol–water partition coefficient (Wildman–Crippen LogP) is 0.710. The third-order valence-electron chi connectivity index (χ3n) is 2.61. The molecule has 0 radical (unpaired) electrons. The molecular weight excluding hydrogens is 166 g/mol. The summed E-state index contributed by atoms with van der Waals surface area (Å²) in [6.07, 6.45) is 7.93. The molecule has 0 aromatic heterocycles. The minimum Gasteiger partial charge on any atom is -0.481 e. The molecule has 3 nitrogen and oxygen atoms in total. The Morgan fingerprint density at radius 3 is 3.00 bits per heavy atom. The van der Waals surface area contributed by atoms with Crippen molar-refractivity contribution in [3.8, 4) is 12.3 Å². The predicted molar refractivity (Wildman–Crippen MR) is 50.2 cm³/mol. The molecule has 2 N–H and O–H groups in total. The highest BCUT2D eigenvalue weighted by atomic mass is 16.4. The van der Waals surface area contributed by atoms with E-state index in [-0.39, 0.29) is 11.8 Å². The Balaban J connectivity index is 2.32. The molecule has 3 heteroatoms. The number of aliphatic carboxylic acids is 1. The second-order valence-electron chi connectivity index (χ2n) is 3.47. The van der Waals surface area contributed by atoms with Crippen molar-refractivity contribution >= 4 is 5.97 Å². The van der Waals surface area contributed by atoms with E-state index in [1.807, 2.05) is 0 Å². The summed E-state index contributed by atoms with van der Waals surface area (Å²) in [5.74, 6) is 1.92. The maximum Gasteiger partial charge on any atom is 0.306 e. The van der Waals surface area contributed by atoms with Crippen LogP contribution in [0, 0.1) is 24.2 Å². The lowest BCUT2D eigenvalue weighted by molar-refractivity contribution is -0.142. The van der Waals surface area contributed by atoms with Gasteiger partial charge >= 0.3 is 5.97 Å². The molecule has 2 unspecified atom stereocenters. The highest BCUT2D eigenvalue weighted by Crippen LogP contribution is 2.31. The SMILES string of the molecule is C#CCNCC1CCCC1C(=O)O. The summed E-state index contributed by atoms with van der Waals surface area (Å²) in [4.78, 5) is 10.8. The van der Waals surface area contributed by atoms with Crippen molar-refractivity contribution in [2.45, 2.75) is 19.3 Å². The van der Waals surface area contributed by atoms with Crippen LogP contribution in [0.3, 0.4) is 0 Å². The first-order chi connectivity index (χ1) is 6.25. The molecule has 1 fully saturated rings. The molecule has 1 rings (SSSR count). The average Bonchev–Trinajstić information content (AvgIpc) is 2.53. The number of terminal acetylenes is 1. The van der Waals surface area contributed by atoms with Crippen LogP contribution in [0.1, 0.15) is 19.3 Å². The molecule has 0 amide bonds. The zero-order valence-electron chi connectivity index (χ0n) is 7.62. The number of rotatable bonds is 4. The van der Waals surface area contributed by atoms with Crippen LogP contribution in [-0.4, -0.2) is 24.2 Å². The van der Waals surface area contributed by atoms with Gasteiger partial charge in [-0.2, -0.15) is 0 Å². The van der Waals surface area contributed by atoms with Crippen LogP contribution in [0.25, 0.3) is 0 Å². The summed E-state index contributed by atoms with van der Waals surface area (Å²) in [5.41, 5.74) is 0. The van der Waals surface area contributed by atoms with Crippen molar-refractivity contribution in [1.29, 1.82) is 0 Å². The summed E-state index contributed by atoms with van der Waals surface area (Å²) in [6, 6.07) is 0. The first-order valence-electron chi connectivity index (χ1n) is 4.62. The minimum absolute atomic E-state index is 0.162. The van der Waals surface area contributed by atoms with E-state index in [0.29, 0.717) is 6.54 Å². The maximum atomic E-state index is 10.8. The molecule has 1 aliphatic rings. The van der Waals surface area contributed by atoms with Crippen LogP contribution >= 0.6 is 0 Å². The van der Waals surface area contributed by atoms with Gasteiger partial charge in [0.15, 0.2) is 0 Å². The highest BCUT2D eigenvalue weighted by molar-refractivity contribution is 5.70. The van der Waals surface area contributed by atoms with Gasteiger partial charge in [0.2, 0.25) is 0 Å². The molecule has 72 valence electrons. The van der Waals surface area contributed by atoms with Crippen molar-refractivity contribution in [3.05, 3.63) is 0 Å². The van der Waals surface area contributed by atoms with E-state index in [9.17, 15) is 4.79 Å². The molecule has 13 heavy (non-hydrogen) atoms. The van der Waals surface area contributed by atoms with Crippen LogP contribution in [-0.2, 0) is 4.79 Å². The van der Waals surface area contributed by atoms with Crippen molar-refractivity contribution in [3.63, 3.8) is 0 Å². The number of carbonyl (C=O) groups is 1. The number of carboxylic acid groups (broad SMARTS) is 1. The van der Waals surface area contributed by atoms with Gasteiger partial charge in [-0.15, -0.1) is 6.42 Å². The van der Waals surface area contributed by atoms with E-state index in [0.717, 1.165) is 25.8 Å². The van der Waals surface area contributed by atoms with E-state index in [1.54, 1.807) is 0 Å². The highest BCUT2D eigenvalue weighted by Gasteiger charge is 2.32. The quantitative estimate of drug-likeness (QED) is 0.496. The lowest BCUT2D eigenvalue weighted by atomic mass is 9.96. The Bertz CT molecular complexity index is 219. The average molecular weight is 181 g/mol. The number of hydrogen-bond acceptors (Lipinski definition) is 2. The van der Waals surface area contributed by atoms with Crippen LogP contribution in [0.15, 0.2) is 0 Å². The largest absolute Gasteiger partial charge is 0.481 e. The molecular formula is C10H15NO2. The molecule has 0 bridgehead atoms. The normalized spacial score (nSPS) is 27.0. The van der Waals surface area contributed by atoms with E-state index in [1.165, 1.54) is 0 Å². The Kier molecular flexibility index (Phi) is 3.78. The molecule has 0 spiro atoms. The Hall–Kier alpha value is -1.01. The first kappa shape index (κ1) is 10.1. The summed E-state index contributed by atoms with van der Waals surface area (Å²) >= 11 is 0. The molecule has 0 aromatic carbocycles. The van der Waals surface area contributed by atoms with Crippen molar-refractivity contribution in [2.24, 2.45) is 11.8 Å². The molecule has 0 heterocycles. The van der Waals surface area contributed by atoms with Crippen LogP contribution in [0.4, 0.5) is 0 Å². The van der Waals surface area contributed by atoms with Gasteiger partial charge in [-0.3, -0.25) is 4.79 Å². The monoisotopic (exact) mass is 181 g/mol. The number of nitrogens with one attached hydrogen (secondary N) is 1. The molecule has 1 aliphatic carbocycles. The fraction of sp³-hybridized carbons (Fsp3) is 0.700. The summed E-state index contributed by atoms with van der Waals surface area (Å²) < 4.78 is 0. The fourth-order valence-corrected chi connectivity index (χ4v) is 1.94. The zero-order valence-corrected chi connectivity index (χ0v) is 7.62. The van der Waals surface area contributed by atoms with Gasteiger partial charge in [0.1, 0.15) is 0 Å². The van der Waals surface area contributed by atoms with E-state index in [4.69, 9.17) is 11.5 Å². The smallest absolute Gasteiger partial charge is 0.306 e. The van der Waals surface area contributed by atoms with Crippen LogP contribution < -0.4 is 5.32 Å². The molecule has 2 atom stereocenters. The summed E-state index contributed by atoms with van der Waals surface area (Å²) in [5, 5.41) is 11.9. The minimum atomic E-state index is -0.662. The second-order valence-corrected chi connectivity index (χ2v) is 3.47. The Morgan fingerprint density at radius 1 is 1.62 bits per heavy atom. The summed E-state index contributed by atoms with van der Waals surface area (Å²) in [7, 11) is 0. The van der Waals surface area contributed by atoms with Crippen molar-refractivity contribution < 1.29 is 9.90 Å². The number of carboxylic acids is 1. The molecule has 0 aromatic rings. The Labute approximate surface area is 78.5 Å². The van der Waals surface area contributed by atoms with Crippen LogP contribution in [0.2, 0.25) is 0 Å². The first-order valence-corrected chi connectivity index (χ1v) is 4.62. The summed E-state index contributed by atoms with van der Waals surface area (Å²) in [6.45, 7) is 1.27. The molecule has 0 aliphatic heterocycles. The van der Waals surface area contributed by atoms with E-state index < -0.39 is 5.97 Å². The van der Waals surface area contributed by atoms with Gasteiger partial charge in [0.25, 0.3) is 0 Å². The standard InChI is InChI=1S/C10H15NO2/c1-2-6-11-7-8-4-3-5-9(8)10(12)13/h1,8-9,11H,3-7H2,(H,12,13). The topological polar surface area (TPSA) is 49.3 Å². The van der Waals surface area contributed by atoms with Gasteiger partial charge < -0.3 is 10.4 Å². The molecule has 1 saturated carbocycles. The lowest BCUT2D eigenvalue weighted by Gasteiger charge is -2.15. The van der Waals surface area contributed by atoms with Crippen LogP contribution in [0.5, 0.6) is 0 Å². The van der Waals surface area contributed by atoms with Gasteiger partial charge in [0, 0.05) is 0 Å². The zero-order chi connectivity index (χ0) is 9.68. The van der Waals surface area contributed by atoms with Gasteiger partial charge in [0.05, 0.1) is 12.5 Å². The van der Waals surface area contributed by atoms with Gasteiger partial charge in [-0.1, -0.05) is 12.3 Å². The van der Waals surface area contributed by atoms with E-state index >= 15 is 0 Å². The lowest BCUT2D eigenvalue weighted by Crippen LogP contribution is -2.29. The third kappa shape index (κ3) is 2.74. The fourth-order valence-electron chi connectivity index (χ4n) is 1.94. The second kappa shape index (κ2) is 4.88. The van der Waals surface area contributed by atoms with E-state index in [2.05, 4.69) is 11.2 Å². The maximum absolute atomic E-state index is 10.8. The van der Waals surface area contributed by atoms with Crippen molar-refractivity contribution in [1.82, 2.24) is 5.32 Å². The van der Waals surface area contributed by atoms with Gasteiger partial charge in [-0.25, -0.2) is 0 Å². The molecule has 0 saturated heterocycles. The van der Waals surface area contributed by atoms with Gasteiger partial charge in [-0.05, 0) is 25.3 Å².